The van der Waals surface area contributed by atoms with Gasteiger partial charge in [0.1, 0.15) is 0 Å². The van der Waals surface area contributed by atoms with Crippen molar-refractivity contribution in [2.75, 3.05) is 0 Å². The minimum absolute atomic E-state index is 0.151. The molecule has 0 N–H and O–H groups in total. The van der Waals surface area contributed by atoms with Gasteiger partial charge in [0.15, 0.2) is 0 Å². The summed E-state index contributed by atoms with van der Waals surface area (Å²) in [5.41, 5.74) is 2.15. The van der Waals surface area contributed by atoms with Crippen molar-refractivity contribution in [3.05, 3.63) is 27.6 Å². The van der Waals surface area contributed by atoms with Gasteiger partial charge in [0.25, 0.3) is 0 Å². The van der Waals surface area contributed by atoms with Gasteiger partial charge >= 0.3 is 0 Å². The topological polar surface area (TPSA) is 61.0 Å². The van der Waals surface area contributed by atoms with Crippen LogP contribution in [-0.2, 0) is 19.4 Å². The molecule has 1 heterocycles. The van der Waals surface area contributed by atoms with Gasteiger partial charge in [-0.25, -0.2) is 0 Å². The van der Waals surface area contributed by atoms with Crippen molar-refractivity contribution in [3.63, 3.8) is 0 Å². The highest BCUT2D eigenvalue weighted by atomic mass is 16.6. The highest BCUT2D eigenvalue weighted by molar-refractivity contribution is 5.21. The summed E-state index contributed by atoms with van der Waals surface area (Å²) in [6.45, 7) is 3.14. The fraction of sp³-hybridized carbons (Fsp3) is 0.769. The Labute approximate surface area is 107 Å². The minimum Gasteiger partial charge on any atom is -0.272 e. The van der Waals surface area contributed by atoms with E-state index < -0.39 is 6.04 Å². The SMILES string of the molecule is CCCCCCn1cc2c(n1)CCC([N+](=O)[O-])C2. The molecule has 0 fully saturated rings. The Morgan fingerprint density at radius 1 is 1.50 bits per heavy atom. The molecule has 100 valence electrons. The van der Waals surface area contributed by atoms with E-state index in [0.717, 1.165) is 30.6 Å². The lowest BCUT2D eigenvalue weighted by Gasteiger charge is -2.13. The first-order valence-electron chi connectivity index (χ1n) is 6.89. The van der Waals surface area contributed by atoms with E-state index in [1.165, 1.54) is 19.3 Å². The van der Waals surface area contributed by atoms with E-state index >= 15 is 0 Å². The number of nitrogens with zero attached hydrogens (tertiary/aromatic N) is 3. The van der Waals surface area contributed by atoms with E-state index in [1.807, 2.05) is 10.9 Å². The molecule has 18 heavy (non-hydrogen) atoms. The predicted molar refractivity (Wildman–Crippen MR) is 69.2 cm³/mol. The third-order valence-corrected chi connectivity index (χ3v) is 3.63. The van der Waals surface area contributed by atoms with Crippen molar-refractivity contribution in [3.8, 4) is 0 Å². The second-order valence-corrected chi connectivity index (χ2v) is 5.11. The standard InChI is InChI=1S/C13H21N3O2/c1-2-3-4-5-8-15-10-11-9-12(16(17)18)6-7-13(11)14-15/h10,12H,2-9H2,1H3. The van der Waals surface area contributed by atoms with Crippen LogP contribution in [0.15, 0.2) is 6.20 Å². The van der Waals surface area contributed by atoms with Gasteiger partial charge in [-0.1, -0.05) is 26.2 Å². The predicted octanol–water partition coefficient (Wildman–Crippen LogP) is 2.60. The Morgan fingerprint density at radius 2 is 2.33 bits per heavy atom. The number of unbranched alkanes of at least 4 members (excludes halogenated alkanes) is 3. The van der Waals surface area contributed by atoms with Gasteiger partial charge in [-0.05, 0) is 12.8 Å². The zero-order valence-corrected chi connectivity index (χ0v) is 11.0. The highest BCUT2D eigenvalue weighted by Gasteiger charge is 2.28. The van der Waals surface area contributed by atoms with Crippen molar-refractivity contribution in [2.24, 2.45) is 0 Å². The molecule has 5 heteroatoms. The van der Waals surface area contributed by atoms with Crippen LogP contribution in [0.5, 0.6) is 0 Å². The molecule has 1 aliphatic rings. The van der Waals surface area contributed by atoms with Gasteiger partial charge in [0.05, 0.1) is 5.69 Å². The second kappa shape index (κ2) is 5.98. The van der Waals surface area contributed by atoms with Crippen molar-refractivity contribution in [1.82, 2.24) is 9.78 Å². The number of aryl methyl sites for hydroxylation is 2. The van der Waals surface area contributed by atoms with Gasteiger partial charge < -0.3 is 0 Å². The van der Waals surface area contributed by atoms with E-state index in [9.17, 15) is 10.1 Å². The Kier molecular flexibility index (Phi) is 4.33. The zero-order valence-electron chi connectivity index (χ0n) is 11.0. The second-order valence-electron chi connectivity index (χ2n) is 5.11. The summed E-state index contributed by atoms with van der Waals surface area (Å²) in [5.74, 6) is 0. The monoisotopic (exact) mass is 251 g/mol. The summed E-state index contributed by atoms with van der Waals surface area (Å²) in [6, 6.07) is -0.407. The molecule has 1 unspecified atom stereocenters. The maximum absolute atomic E-state index is 10.8. The van der Waals surface area contributed by atoms with Crippen LogP contribution in [0.4, 0.5) is 0 Å². The van der Waals surface area contributed by atoms with Crippen LogP contribution in [0.3, 0.4) is 0 Å². The molecule has 1 aromatic heterocycles. The van der Waals surface area contributed by atoms with Crippen LogP contribution in [0.25, 0.3) is 0 Å². The van der Waals surface area contributed by atoms with Crippen LogP contribution in [-0.4, -0.2) is 20.7 Å². The molecule has 2 rings (SSSR count). The largest absolute Gasteiger partial charge is 0.272 e. The van der Waals surface area contributed by atoms with Gasteiger partial charge in [0, 0.05) is 36.1 Å². The van der Waals surface area contributed by atoms with E-state index in [2.05, 4.69) is 12.0 Å². The van der Waals surface area contributed by atoms with E-state index in [-0.39, 0.29) is 4.92 Å². The Morgan fingerprint density at radius 3 is 3.06 bits per heavy atom. The van der Waals surface area contributed by atoms with Crippen LogP contribution >= 0.6 is 0 Å². The molecular formula is C13H21N3O2. The average Bonchev–Trinajstić information content (AvgIpc) is 2.76. The fourth-order valence-electron chi connectivity index (χ4n) is 2.54. The summed E-state index contributed by atoms with van der Waals surface area (Å²) in [5, 5.41) is 15.3. The molecule has 0 aromatic carbocycles. The third kappa shape index (κ3) is 3.09. The molecule has 0 aliphatic heterocycles. The molecule has 0 amide bonds. The number of rotatable bonds is 6. The smallest absolute Gasteiger partial charge is 0.217 e. The van der Waals surface area contributed by atoms with Crippen molar-refractivity contribution in [1.29, 1.82) is 0 Å². The molecular weight excluding hydrogens is 230 g/mol. The first-order chi connectivity index (χ1) is 8.70. The van der Waals surface area contributed by atoms with E-state index in [0.29, 0.717) is 12.8 Å². The lowest BCUT2D eigenvalue weighted by molar-refractivity contribution is -0.523. The summed E-state index contributed by atoms with van der Waals surface area (Å²) < 4.78 is 1.97. The fourth-order valence-corrected chi connectivity index (χ4v) is 2.54. The van der Waals surface area contributed by atoms with Gasteiger partial charge in [-0.3, -0.25) is 14.8 Å². The highest BCUT2D eigenvalue weighted by Crippen LogP contribution is 2.21. The molecule has 1 aliphatic carbocycles. The molecule has 5 nitrogen and oxygen atoms in total. The maximum atomic E-state index is 10.8. The summed E-state index contributed by atoms with van der Waals surface area (Å²) in [6.07, 6.45) is 8.83. The van der Waals surface area contributed by atoms with Crippen LogP contribution < -0.4 is 0 Å². The van der Waals surface area contributed by atoms with Crippen LogP contribution in [0, 0.1) is 10.1 Å². The van der Waals surface area contributed by atoms with Crippen LogP contribution in [0.1, 0.15) is 50.3 Å². The van der Waals surface area contributed by atoms with Crippen LogP contribution in [0.2, 0.25) is 0 Å². The summed E-state index contributed by atoms with van der Waals surface area (Å²) >= 11 is 0. The summed E-state index contributed by atoms with van der Waals surface area (Å²) in [4.78, 5) is 10.6. The maximum Gasteiger partial charge on any atom is 0.217 e. The van der Waals surface area contributed by atoms with Crippen molar-refractivity contribution >= 4 is 0 Å². The van der Waals surface area contributed by atoms with Crippen molar-refractivity contribution < 1.29 is 4.92 Å². The minimum atomic E-state index is -0.407. The average molecular weight is 251 g/mol. The first-order valence-corrected chi connectivity index (χ1v) is 6.89. The Balaban J connectivity index is 1.91. The lowest BCUT2D eigenvalue weighted by Crippen LogP contribution is -2.26. The molecule has 0 bridgehead atoms. The molecule has 0 saturated carbocycles. The van der Waals surface area contributed by atoms with E-state index in [4.69, 9.17) is 0 Å². The Bertz CT molecular complexity index is 414. The Hall–Kier alpha value is -1.39. The molecule has 1 aromatic rings. The number of aromatic nitrogens is 2. The molecule has 0 radical (unpaired) electrons. The first kappa shape index (κ1) is 13.1. The normalized spacial score (nSPS) is 18.6. The van der Waals surface area contributed by atoms with Gasteiger partial charge in [0.2, 0.25) is 6.04 Å². The quantitative estimate of drug-likeness (QED) is 0.443. The number of hydrogen-bond acceptors (Lipinski definition) is 3. The zero-order chi connectivity index (χ0) is 13.0. The number of nitro groups is 1. The lowest BCUT2D eigenvalue weighted by atomic mass is 9.94. The molecule has 0 saturated heterocycles. The van der Waals surface area contributed by atoms with Gasteiger partial charge in [-0.2, -0.15) is 5.10 Å². The molecule has 0 spiro atoms. The van der Waals surface area contributed by atoms with Gasteiger partial charge in [-0.15, -0.1) is 0 Å². The van der Waals surface area contributed by atoms with Crippen molar-refractivity contribution in [2.45, 2.75) is 64.5 Å². The summed E-state index contributed by atoms with van der Waals surface area (Å²) in [7, 11) is 0. The van der Waals surface area contributed by atoms with E-state index in [1.54, 1.807) is 0 Å². The third-order valence-electron chi connectivity index (χ3n) is 3.63. The molecule has 1 atom stereocenters. The number of hydrogen-bond donors (Lipinski definition) is 0. The number of fused-ring (bicyclic) bond motifs is 1.